The van der Waals surface area contributed by atoms with Crippen LogP contribution in [0.3, 0.4) is 0 Å². The van der Waals surface area contributed by atoms with E-state index in [0.29, 0.717) is 58.8 Å². The van der Waals surface area contributed by atoms with Gasteiger partial charge in [-0.3, -0.25) is 9.59 Å². The number of halogens is 3. The molecule has 1 atom stereocenters. The van der Waals surface area contributed by atoms with Gasteiger partial charge in [0.15, 0.2) is 0 Å². The first kappa shape index (κ1) is 31.0. The number of amides is 2. The van der Waals surface area contributed by atoms with Crippen molar-refractivity contribution < 1.29 is 19.5 Å². The number of nitrogens with zero attached hydrogens (tertiary/aromatic N) is 3. The maximum absolute atomic E-state index is 12.9. The minimum Gasteiger partial charge on any atom is -0.480 e. The minimum absolute atomic E-state index is 0.0449. The third-order valence-corrected chi connectivity index (χ3v) is 9.06. The van der Waals surface area contributed by atoms with E-state index < -0.39 is 17.9 Å². The van der Waals surface area contributed by atoms with Gasteiger partial charge in [0, 0.05) is 54.2 Å². The fourth-order valence-electron chi connectivity index (χ4n) is 4.58. The highest BCUT2D eigenvalue weighted by Gasteiger charge is 2.30. The molecule has 41 heavy (non-hydrogen) atoms. The Morgan fingerprint density at radius 3 is 2.54 bits per heavy atom. The molecule has 2 aromatic carbocycles. The number of carboxylic acid groups (broad SMARTS) is 1. The molecule has 12 heteroatoms. The highest BCUT2D eigenvalue weighted by atomic mass is 35.5. The molecule has 2 heterocycles. The second-order valence-corrected chi connectivity index (χ2v) is 11.7. The number of aromatic nitrogens is 2. The monoisotopic (exact) mass is 634 g/mol. The highest BCUT2D eigenvalue weighted by molar-refractivity contribution is 7.98. The lowest BCUT2D eigenvalue weighted by Gasteiger charge is -2.31. The zero-order chi connectivity index (χ0) is 29.5. The molecule has 0 saturated carbocycles. The fourth-order valence-corrected chi connectivity index (χ4v) is 5.95. The summed E-state index contributed by atoms with van der Waals surface area (Å²) in [7, 11) is 0. The lowest BCUT2D eigenvalue weighted by atomic mass is 9.95. The number of aliphatic carboxylic acids is 1. The van der Waals surface area contributed by atoms with Crippen LogP contribution >= 0.6 is 46.6 Å². The van der Waals surface area contributed by atoms with Crippen molar-refractivity contribution in [1.29, 1.82) is 0 Å². The first-order valence-electron chi connectivity index (χ1n) is 12.9. The molecule has 0 aliphatic carbocycles. The van der Waals surface area contributed by atoms with Crippen LogP contribution in [0.15, 0.2) is 59.9 Å². The number of benzene rings is 2. The molecular formula is C29H29Cl3N4O4S. The summed E-state index contributed by atoms with van der Waals surface area (Å²) in [6.45, 7) is 1.25. The number of rotatable bonds is 10. The Morgan fingerprint density at radius 2 is 1.85 bits per heavy atom. The summed E-state index contributed by atoms with van der Waals surface area (Å²) in [4.78, 5) is 44.4. The number of thioether (sulfide) groups is 1. The van der Waals surface area contributed by atoms with Gasteiger partial charge in [-0.1, -0.05) is 59.1 Å². The van der Waals surface area contributed by atoms with Gasteiger partial charge in [0.1, 0.15) is 6.04 Å². The Morgan fingerprint density at radius 1 is 1.12 bits per heavy atom. The maximum atomic E-state index is 12.9. The number of hydrogen-bond acceptors (Lipinski definition) is 5. The molecule has 4 rings (SSSR count). The molecule has 1 aliphatic heterocycles. The van der Waals surface area contributed by atoms with E-state index in [1.54, 1.807) is 29.6 Å². The molecule has 216 valence electrons. The SMILES string of the molecule is CSc1ccc(/C=C/C(=O)N2CCC(C(=O)N[C@@H](Cc3cn(Cc4ccccc4Cl)cn3)C(=O)O)CC2)c(Cl)c1Cl. The molecule has 3 aromatic rings. The van der Waals surface area contributed by atoms with Crippen LogP contribution in [0, 0.1) is 5.92 Å². The van der Waals surface area contributed by atoms with E-state index in [2.05, 4.69) is 10.3 Å². The average Bonchev–Trinajstić information content (AvgIpc) is 3.41. The summed E-state index contributed by atoms with van der Waals surface area (Å²) in [6, 6.07) is 10.00. The molecule has 0 unspecified atom stereocenters. The van der Waals surface area contributed by atoms with Gasteiger partial charge in [-0.15, -0.1) is 11.8 Å². The van der Waals surface area contributed by atoms with Gasteiger partial charge >= 0.3 is 5.97 Å². The number of carboxylic acids is 1. The minimum atomic E-state index is -1.14. The molecule has 1 aromatic heterocycles. The van der Waals surface area contributed by atoms with E-state index in [4.69, 9.17) is 34.8 Å². The highest BCUT2D eigenvalue weighted by Crippen LogP contribution is 2.35. The Labute approximate surface area is 257 Å². The van der Waals surface area contributed by atoms with Gasteiger partial charge in [0.05, 0.1) is 22.1 Å². The zero-order valence-electron chi connectivity index (χ0n) is 22.2. The van der Waals surface area contributed by atoms with Crippen molar-refractivity contribution in [2.24, 2.45) is 5.92 Å². The zero-order valence-corrected chi connectivity index (χ0v) is 25.3. The van der Waals surface area contributed by atoms with Crippen molar-refractivity contribution in [3.05, 3.63) is 86.9 Å². The van der Waals surface area contributed by atoms with Crippen molar-refractivity contribution in [2.75, 3.05) is 19.3 Å². The van der Waals surface area contributed by atoms with Crippen LogP contribution in [-0.4, -0.2) is 62.7 Å². The summed E-state index contributed by atoms with van der Waals surface area (Å²) in [5.74, 6) is -2.07. The average molecular weight is 636 g/mol. The fraction of sp³-hybridized carbons (Fsp3) is 0.310. The molecule has 0 bridgehead atoms. The summed E-state index contributed by atoms with van der Waals surface area (Å²) in [5.41, 5.74) is 2.10. The standard InChI is InChI=1S/C29H29Cl3N4O4S/c1-41-24-8-6-18(26(31)27(24)32)7-9-25(37)36-12-10-19(11-13-36)28(38)34-23(29(39)40)14-21-16-35(17-33-21)15-20-4-2-3-5-22(20)30/h2-9,16-17,19,23H,10-15H2,1H3,(H,34,38)(H,39,40)/b9-7+/t23-/m0/s1. The molecule has 2 N–H and O–H groups in total. The lowest BCUT2D eigenvalue weighted by Crippen LogP contribution is -2.48. The van der Waals surface area contributed by atoms with E-state index in [1.165, 1.54) is 17.8 Å². The van der Waals surface area contributed by atoms with Gasteiger partial charge < -0.3 is 19.9 Å². The molecular weight excluding hydrogens is 607 g/mol. The smallest absolute Gasteiger partial charge is 0.326 e. The second-order valence-electron chi connectivity index (χ2n) is 9.65. The van der Waals surface area contributed by atoms with Crippen LogP contribution < -0.4 is 5.32 Å². The van der Waals surface area contributed by atoms with Crippen LogP contribution in [-0.2, 0) is 27.3 Å². The van der Waals surface area contributed by atoms with Crippen molar-refractivity contribution in [3.8, 4) is 0 Å². The van der Waals surface area contributed by atoms with Crippen molar-refractivity contribution in [3.63, 3.8) is 0 Å². The van der Waals surface area contributed by atoms with Crippen molar-refractivity contribution >= 4 is 70.4 Å². The van der Waals surface area contributed by atoms with Gasteiger partial charge in [-0.05, 0) is 48.4 Å². The molecule has 1 saturated heterocycles. The number of carbonyl (C=O) groups excluding carboxylic acids is 2. The predicted octanol–water partition coefficient (Wildman–Crippen LogP) is 5.68. The Balaban J connectivity index is 1.28. The van der Waals surface area contributed by atoms with E-state index in [0.717, 1.165) is 10.5 Å². The summed E-state index contributed by atoms with van der Waals surface area (Å²) in [6.07, 6.45) is 9.25. The quantitative estimate of drug-likeness (QED) is 0.220. The molecule has 8 nitrogen and oxygen atoms in total. The van der Waals surface area contributed by atoms with Crippen LogP contribution in [0.2, 0.25) is 15.1 Å². The topological polar surface area (TPSA) is 105 Å². The normalized spacial score (nSPS) is 14.8. The van der Waals surface area contributed by atoms with Gasteiger partial charge in [0.25, 0.3) is 0 Å². The summed E-state index contributed by atoms with van der Waals surface area (Å²) < 4.78 is 1.82. The number of likely N-dealkylation sites (tertiary alicyclic amines) is 1. The first-order valence-corrected chi connectivity index (χ1v) is 15.3. The van der Waals surface area contributed by atoms with Gasteiger partial charge in [0.2, 0.25) is 11.8 Å². The van der Waals surface area contributed by atoms with Crippen LogP contribution in [0.5, 0.6) is 0 Å². The predicted molar refractivity (Wildman–Crippen MR) is 163 cm³/mol. The number of piperidine rings is 1. The molecule has 1 fully saturated rings. The number of carbonyl (C=O) groups is 3. The van der Waals surface area contributed by atoms with E-state index in [-0.39, 0.29) is 18.2 Å². The largest absolute Gasteiger partial charge is 0.480 e. The number of hydrogen-bond donors (Lipinski definition) is 2. The lowest BCUT2D eigenvalue weighted by molar-refractivity contribution is -0.142. The maximum Gasteiger partial charge on any atom is 0.326 e. The van der Waals surface area contributed by atoms with Crippen molar-refractivity contribution in [1.82, 2.24) is 19.8 Å². The molecule has 2 amide bonds. The van der Waals surface area contributed by atoms with Crippen LogP contribution in [0.1, 0.15) is 29.7 Å². The molecule has 1 aliphatic rings. The van der Waals surface area contributed by atoms with Gasteiger partial charge in [-0.2, -0.15) is 0 Å². The molecule has 0 radical (unpaired) electrons. The Kier molecular flexibility index (Phi) is 10.8. The molecule has 0 spiro atoms. The van der Waals surface area contributed by atoms with Crippen LogP contribution in [0.25, 0.3) is 6.08 Å². The second kappa shape index (κ2) is 14.3. The third kappa shape index (κ3) is 8.07. The van der Waals surface area contributed by atoms with Crippen LogP contribution in [0.4, 0.5) is 0 Å². The Bertz CT molecular complexity index is 1450. The van der Waals surface area contributed by atoms with E-state index in [9.17, 15) is 19.5 Å². The Hall–Kier alpha value is -2.98. The van der Waals surface area contributed by atoms with E-state index in [1.807, 2.05) is 41.2 Å². The third-order valence-electron chi connectivity index (χ3n) is 6.90. The summed E-state index contributed by atoms with van der Waals surface area (Å²) in [5, 5.41) is 13.9. The number of imidazole rings is 1. The van der Waals surface area contributed by atoms with E-state index >= 15 is 0 Å². The van der Waals surface area contributed by atoms with Gasteiger partial charge in [-0.25, -0.2) is 9.78 Å². The first-order chi connectivity index (χ1) is 19.7. The van der Waals surface area contributed by atoms with Crippen molar-refractivity contribution in [2.45, 2.75) is 36.7 Å². The summed E-state index contributed by atoms with van der Waals surface area (Å²) >= 11 is 20.3. The number of nitrogens with one attached hydrogen (secondary N) is 1.